The molecule has 0 aromatic carbocycles. The SMILES string of the molecule is CCCCCCCCCCCCOC(=O)C(C(OCC)C(=O)O)S(=O)(=O)O.[NaH].[NaH]. The fourth-order valence-corrected chi connectivity index (χ4v) is 3.53. The summed E-state index contributed by atoms with van der Waals surface area (Å²) < 4.78 is 41.7. The topological polar surface area (TPSA) is 127 Å². The molecule has 2 unspecified atom stereocenters. The third kappa shape index (κ3) is 17.1. The summed E-state index contributed by atoms with van der Waals surface area (Å²) in [7, 11) is -4.98. The molecule has 0 radical (unpaired) electrons. The average Bonchev–Trinajstić information content (AvgIpc) is 2.58. The molecule has 0 spiro atoms. The predicted molar refractivity (Wildman–Crippen MR) is 115 cm³/mol. The number of carbonyl (C=O) groups excluding carboxylic acids is 1. The number of hydrogen-bond acceptors (Lipinski definition) is 6. The number of ether oxygens (including phenoxy) is 2. The second-order valence-electron chi connectivity index (χ2n) is 6.50. The maximum absolute atomic E-state index is 12.0. The molecule has 164 valence electrons. The normalized spacial score (nSPS) is 12.9. The molecule has 0 aliphatic rings. The van der Waals surface area contributed by atoms with Crippen LogP contribution in [0.25, 0.3) is 0 Å². The third-order valence-corrected chi connectivity index (χ3v) is 5.24. The molecule has 0 aliphatic heterocycles. The van der Waals surface area contributed by atoms with Crippen LogP contribution in [0, 0.1) is 0 Å². The standard InChI is InChI=1S/C18H34O8S.2Na.2H/c1-3-5-6-7-8-9-10-11-12-13-14-26-18(21)16(27(22,23)24)15(17(19)20)25-4-2;;;;/h15-16H,3-14H2,1-2H3,(H,19,20)(H,22,23,24);;;;. The summed E-state index contributed by atoms with van der Waals surface area (Å²) in [6, 6.07) is 0. The van der Waals surface area contributed by atoms with E-state index in [0.717, 1.165) is 19.3 Å². The fourth-order valence-electron chi connectivity index (χ4n) is 2.71. The number of carboxylic acids is 1. The van der Waals surface area contributed by atoms with Gasteiger partial charge in [-0.05, 0) is 13.3 Å². The van der Waals surface area contributed by atoms with E-state index in [-0.39, 0.29) is 72.3 Å². The van der Waals surface area contributed by atoms with Gasteiger partial charge in [0.15, 0.2) is 6.10 Å². The van der Waals surface area contributed by atoms with Crippen molar-refractivity contribution in [2.24, 2.45) is 0 Å². The molecule has 8 nitrogen and oxygen atoms in total. The van der Waals surface area contributed by atoms with Crippen molar-refractivity contribution in [1.29, 1.82) is 0 Å². The minimum absolute atomic E-state index is 0. The van der Waals surface area contributed by atoms with Crippen LogP contribution in [0.4, 0.5) is 0 Å². The van der Waals surface area contributed by atoms with Gasteiger partial charge in [-0.1, -0.05) is 64.7 Å². The Morgan fingerprint density at radius 3 is 1.69 bits per heavy atom. The third-order valence-electron chi connectivity index (χ3n) is 4.16. The first-order valence-electron chi connectivity index (χ1n) is 9.73. The molecule has 2 atom stereocenters. The molecule has 29 heavy (non-hydrogen) atoms. The zero-order valence-electron chi connectivity index (χ0n) is 16.4. The second-order valence-corrected chi connectivity index (χ2v) is 8.04. The Balaban J connectivity index is -0.00000338. The number of carbonyl (C=O) groups is 2. The fraction of sp³-hybridized carbons (Fsp3) is 0.889. The first kappa shape index (κ1) is 34.4. The number of carboxylic acid groups (broad SMARTS) is 1. The molecule has 0 rings (SSSR count). The molecule has 11 heteroatoms. The predicted octanol–water partition coefficient (Wildman–Crippen LogP) is 1.90. The molecule has 0 bridgehead atoms. The second kappa shape index (κ2) is 20.7. The first-order chi connectivity index (χ1) is 12.8. The number of esters is 1. The van der Waals surface area contributed by atoms with Gasteiger partial charge in [-0.15, -0.1) is 0 Å². The molecule has 0 amide bonds. The summed E-state index contributed by atoms with van der Waals surface area (Å²) in [5, 5.41) is 6.75. The van der Waals surface area contributed by atoms with E-state index < -0.39 is 33.4 Å². The van der Waals surface area contributed by atoms with Crippen molar-refractivity contribution in [2.75, 3.05) is 13.2 Å². The van der Waals surface area contributed by atoms with Gasteiger partial charge in [0.05, 0.1) is 6.61 Å². The van der Waals surface area contributed by atoms with Crippen molar-refractivity contribution in [3.05, 3.63) is 0 Å². The first-order valence-corrected chi connectivity index (χ1v) is 11.2. The summed E-state index contributed by atoms with van der Waals surface area (Å²) in [5.74, 6) is -2.97. The molecule has 0 saturated heterocycles. The summed E-state index contributed by atoms with van der Waals surface area (Å²) in [4.78, 5) is 23.1. The molecule has 0 heterocycles. The van der Waals surface area contributed by atoms with Crippen LogP contribution in [0.2, 0.25) is 0 Å². The molecule has 0 aromatic rings. The van der Waals surface area contributed by atoms with Gasteiger partial charge in [0.2, 0.25) is 5.25 Å². The molecule has 0 aromatic heterocycles. The molecule has 0 fully saturated rings. The van der Waals surface area contributed by atoms with Gasteiger partial charge in [-0.25, -0.2) is 4.79 Å². The van der Waals surface area contributed by atoms with E-state index in [2.05, 4.69) is 6.92 Å². The minimum atomic E-state index is -4.98. The van der Waals surface area contributed by atoms with Gasteiger partial charge in [-0.2, -0.15) is 8.42 Å². The van der Waals surface area contributed by atoms with Crippen LogP contribution in [0.3, 0.4) is 0 Å². The van der Waals surface area contributed by atoms with Gasteiger partial charge in [0, 0.05) is 6.61 Å². The Bertz CT molecular complexity index is 528. The van der Waals surface area contributed by atoms with Crippen LogP contribution < -0.4 is 0 Å². The van der Waals surface area contributed by atoms with Gasteiger partial charge in [-0.3, -0.25) is 9.35 Å². The van der Waals surface area contributed by atoms with Crippen molar-refractivity contribution in [3.63, 3.8) is 0 Å². The Morgan fingerprint density at radius 1 is 0.862 bits per heavy atom. The Kier molecular flexibility index (Phi) is 24.6. The van der Waals surface area contributed by atoms with Gasteiger partial charge in [0.25, 0.3) is 10.1 Å². The van der Waals surface area contributed by atoms with E-state index in [0.29, 0.717) is 6.42 Å². The Labute approximate surface area is 219 Å². The van der Waals surface area contributed by atoms with Crippen molar-refractivity contribution in [1.82, 2.24) is 0 Å². The van der Waals surface area contributed by atoms with Crippen molar-refractivity contribution in [3.8, 4) is 0 Å². The Morgan fingerprint density at radius 2 is 1.31 bits per heavy atom. The van der Waals surface area contributed by atoms with Crippen LogP contribution in [0.5, 0.6) is 0 Å². The number of unbranched alkanes of at least 4 members (excludes halogenated alkanes) is 9. The summed E-state index contributed by atoms with van der Waals surface area (Å²) in [6.07, 6.45) is 8.89. The van der Waals surface area contributed by atoms with Gasteiger partial charge in [0.1, 0.15) is 0 Å². The van der Waals surface area contributed by atoms with E-state index in [1.54, 1.807) is 0 Å². The Hall–Kier alpha value is 0.810. The number of hydrogen-bond donors (Lipinski definition) is 2. The molecule has 2 N–H and O–H groups in total. The van der Waals surface area contributed by atoms with Crippen LogP contribution in [0.1, 0.15) is 78.1 Å². The molecular formula is C18H36Na2O8S. The van der Waals surface area contributed by atoms with Crippen molar-refractivity contribution >= 4 is 81.2 Å². The van der Waals surface area contributed by atoms with E-state index in [1.807, 2.05) is 0 Å². The average molecular weight is 459 g/mol. The zero-order valence-corrected chi connectivity index (χ0v) is 17.2. The van der Waals surface area contributed by atoms with Gasteiger partial charge >= 0.3 is 71.1 Å². The molecule has 0 aliphatic carbocycles. The van der Waals surface area contributed by atoms with Crippen molar-refractivity contribution in [2.45, 2.75) is 89.4 Å². The van der Waals surface area contributed by atoms with E-state index in [4.69, 9.17) is 14.6 Å². The van der Waals surface area contributed by atoms with E-state index in [9.17, 15) is 22.6 Å². The maximum atomic E-state index is 12.0. The number of aliphatic carboxylic acids is 1. The van der Waals surface area contributed by atoms with Crippen LogP contribution in [0.15, 0.2) is 0 Å². The van der Waals surface area contributed by atoms with E-state index in [1.165, 1.54) is 45.4 Å². The van der Waals surface area contributed by atoms with Gasteiger partial charge < -0.3 is 14.6 Å². The molecular weight excluding hydrogens is 422 g/mol. The monoisotopic (exact) mass is 458 g/mol. The number of rotatable bonds is 17. The summed E-state index contributed by atoms with van der Waals surface area (Å²) in [5.41, 5.74) is 0. The van der Waals surface area contributed by atoms with Crippen molar-refractivity contribution < 1.29 is 37.1 Å². The van der Waals surface area contributed by atoms with Crippen LogP contribution in [-0.4, -0.2) is 114 Å². The quantitative estimate of drug-likeness (QED) is 0.146. The summed E-state index contributed by atoms with van der Waals surface area (Å²) in [6.45, 7) is 3.48. The van der Waals surface area contributed by atoms with Crippen LogP contribution >= 0.6 is 0 Å². The zero-order chi connectivity index (χ0) is 20.7. The molecule has 0 saturated carbocycles. The van der Waals surface area contributed by atoms with E-state index >= 15 is 0 Å². The van der Waals surface area contributed by atoms with Crippen LogP contribution in [-0.2, 0) is 29.2 Å². The summed E-state index contributed by atoms with van der Waals surface area (Å²) >= 11 is 0.